The van der Waals surface area contributed by atoms with Gasteiger partial charge in [-0.1, -0.05) is 35.0 Å². The number of rotatable bonds is 6. The number of nitrogens with zero attached hydrogens (tertiary/aromatic N) is 2. The summed E-state index contributed by atoms with van der Waals surface area (Å²) in [5, 5.41) is 4.60. The van der Waals surface area contributed by atoms with Crippen LogP contribution in [0.5, 0.6) is 0 Å². The number of carbonyl (C=O) groups is 1. The first-order chi connectivity index (χ1) is 12.5. The lowest BCUT2D eigenvalue weighted by atomic mass is 10.1. The average molecular weight is 368 g/mol. The van der Waals surface area contributed by atoms with Gasteiger partial charge in [0.25, 0.3) is 0 Å². The van der Waals surface area contributed by atoms with E-state index in [0.29, 0.717) is 16.3 Å². The molecule has 3 aromatic rings. The second kappa shape index (κ2) is 8.19. The zero-order valence-corrected chi connectivity index (χ0v) is 15.8. The number of ether oxygens (including phenoxy) is 1. The van der Waals surface area contributed by atoms with E-state index in [9.17, 15) is 4.79 Å². The lowest BCUT2D eigenvalue weighted by Crippen LogP contribution is -2.07. The summed E-state index contributed by atoms with van der Waals surface area (Å²) >= 11 is 1.47. The number of hydrogen-bond donors (Lipinski definition) is 0. The van der Waals surface area contributed by atoms with Crippen LogP contribution in [0.2, 0.25) is 0 Å². The number of aromatic nitrogens is 2. The Morgan fingerprint density at radius 3 is 2.77 bits per heavy atom. The Morgan fingerprint density at radius 1 is 1.19 bits per heavy atom. The van der Waals surface area contributed by atoms with Gasteiger partial charge >= 0.3 is 5.97 Å². The maximum absolute atomic E-state index is 12.5. The Balaban J connectivity index is 1.69. The maximum atomic E-state index is 12.5. The van der Waals surface area contributed by atoms with E-state index in [4.69, 9.17) is 9.26 Å². The Bertz CT molecular complexity index is 901. The van der Waals surface area contributed by atoms with Gasteiger partial charge in [0.15, 0.2) is 0 Å². The molecule has 0 bridgehead atoms. The van der Waals surface area contributed by atoms with Crippen molar-refractivity contribution in [3.05, 3.63) is 76.3 Å². The van der Waals surface area contributed by atoms with Crippen LogP contribution >= 0.6 is 11.8 Å². The molecule has 26 heavy (non-hydrogen) atoms. The van der Waals surface area contributed by atoms with E-state index in [-0.39, 0.29) is 12.6 Å². The summed E-state index contributed by atoms with van der Waals surface area (Å²) in [5.41, 5.74) is 4.45. The molecule has 0 saturated carbocycles. The minimum absolute atomic E-state index is 0.239. The van der Waals surface area contributed by atoms with Gasteiger partial charge in [0, 0.05) is 17.5 Å². The summed E-state index contributed by atoms with van der Waals surface area (Å²) in [5.74, 6) is 1.05. The van der Waals surface area contributed by atoms with Gasteiger partial charge in [-0.15, -0.1) is 11.8 Å². The molecule has 2 heterocycles. The van der Waals surface area contributed by atoms with Crippen LogP contribution in [0.4, 0.5) is 0 Å². The second-order valence-corrected chi connectivity index (χ2v) is 6.98. The first-order valence-corrected chi connectivity index (χ1v) is 9.25. The highest BCUT2D eigenvalue weighted by molar-refractivity contribution is 7.98. The van der Waals surface area contributed by atoms with Crippen LogP contribution in [-0.4, -0.2) is 16.1 Å². The topological polar surface area (TPSA) is 65.2 Å². The molecule has 0 saturated heterocycles. The first-order valence-electron chi connectivity index (χ1n) is 8.27. The molecule has 0 fully saturated rings. The van der Waals surface area contributed by atoms with Crippen molar-refractivity contribution < 1.29 is 14.1 Å². The molecule has 3 rings (SSSR count). The fourth-order valence-electron chi connectivity index (χ4n) is 2.54. The number of benzene rings is 1. The quantitative estimate of drug-likeness (QED) is 0.466. The van der Waals surface area contributed by atoms with Crippen LogP contribution in [0.25, 0.3) is 0 Å². The molecule has 6 heteroatoms. The minimum atomic E-state index is -0.374. The summed E-state index contributed by atoms with van der Waals surface area (Å²) in [4.78, 5) is 16.9. The van der Waals surface area contributed by atoms with Crippen molar-refractivity contribution in [3.8, 4) is 0 Å². The highest BCUT2D eigenvalue weighted by atomic mass is 32.2. The van der Waals surface area contributed by atoms with E-state index >= 15 is 0 Å². The lowest BCUT2D eigenvalue weighted by molar-refractivity contribution is 0.0467. The van der Waals surface area contributed by atoms with E-state index in [2.05, 4.69) is 10.1 Å². The van der Waals surface area contributed by atoms with E-state index in [1.165, 1.54) is 11.8 Å². The van der Waals surface area contributed by atoms with Crippen molar-refractivity contribution in [2.45, 2.75) is 38.2 Å². The normalized spacial score (nSPS) is 10.7. The molecule has 0 aliphatic heterocycles. The monoisotopic (exact) mass is 368 g/mol. The number of aryl methyl sites for hydroxylation is 3. The standard InChI is InChI=1S/C20H20N2O3S/c1-13-6-4-7-16(10-13)11-24-20(23)17-8-5-9-21-19(17)26-12-18-14(2)22-25-15(18)3/h4-10H,11-12H2,1-3H3. The number of thioether (sulfide) groups is 1. The highest BCUT2D eigenvalue weighted by Gasteiger charge is 2.16. The summed E-state index contributed by atoms with van der Waals surface area (Å²) in [6.07, 6.45) is 1.67. The second-order valence-electron chi connectivity index (χ2n) is 6.01. The predicted octanol–water partition coefficient (Wildman–Crippen LogP) is 4.64. The van der Waals surface area contributed by atoms with Gasteiger partial charge < -0.3 is 9.26 Å². The molecule has 2 aromatic heterocycles. The van der Waals surface area contributed by atoms with Gasteiger partial charge in [-0.3, -0.25) is 0 Å². The van der Waals surface area contributed by atoms with Gasteiger partial charge in [0.05, 0.1) is 11.3 Å². The molecule has 5 nitrogen and oxygen atoms in total. The summed E-state index contributed by atoms with van der Waals surface area (Å²) in [6, 6.07) is 11.4. The highest BCUT2D eigenvalue weighted by Crippen LogP contribution is 2.27. The van der Waals surface area contributed by atoms with Crippen LogP contribution in [0.1, 0.15) is 38.5 Å². The zero-order chi connectivity index (χ0) is 18.5. The number of pyridine rings is 1. The molecular formula is C20H20N2O3S. The van der Waals surface area contributed by atoms with E-state index in [1.807, 2.05) is 45.0 Å². The molecule has 1 aromatic carbocycles. The molecule has 0 atom stereocenters. The largest absolute Gasteiger partial charge is 0.457 e. The van der Waals surface area contributed by atoms with Crippen LogP contribution in [0.3, 0.4) is 0 Å². The molecule has 0 aliphatic rings. The summed E-state index contributed by atoms with van der Waals surface area (Å²) in [7, 11) is 0. The molecule has 0 radical (unpaired) electrons. The summed E-state index contributed by atoms with van der Waals surface area (Å²) in [6.45, 7) is 6.03. The Morgan fingerprint density at radius 2 is 2.04 bits per heavy atom. The maximum Gasteiger partial charge on any atom is 0.341 e. The Labute approximate surface area is 156 Å². The molecular weight excluding hydrogens is 348 g/mol. The van der Waals surface area contributed by atoms with Crippen LogP contribution in [0.15, 0.2) is 52.1 Å². The van der Waals surface area contributed by atoms with Crippen molar-refractivity contribution in [1.29, 1.82) is 0 Å². The Hall–Kier alpha value is -2.60. The van der Waals surface area contributed by atoms with Crippen LogP contribution < -0.4 is 0 Å². The van der Waals surface area contributed by atoms with E-state index in [1.54, 1.807) is 18.3 Å². The van der Waals surface area contributed by atoms with Gasteiger partial charge in [-0.05, 0) is 38.5 Å². The number of carbonyl (C=O) groups excluding carboxylic acids is 1. The molecule has 0 amide bonds. The predicted molar refractivity (Wildman–Crippen MR) is 100 cm³/mol. The fraction of sp³-hybridized carbons (Fsp3) is 0.250. The SMILES string of the molecule is Cc1cccc(COC(=O)c2cccnc2SCc2c(C)noc2C)c1. The minimum Gasteiger partial charge on any atom is -0.457 e. The van der Waals surface area contributed by atoms with Crippen molar-refractivity contribution in [3.63, 3.8) is 0 Å². The number of esters is 1. The van der Waals surface area contributed by atoms with Crippen molar-refractivity contribution >= 4 is 17.7 Å². The smallest absolute Gasteiger partial charge is 0.341 e. The van der Waals surface area contributed by atoms with Gasteiger partial charge in [0.2, 0.25) is 0 Å². The van der Waals surface area contributed by atoms with Gasteiger partial charge in [-0.25, -0.2) is 9.78 Å². The average Bonchev–Trinajstić information content (AvgIpc) is 2.96. The third-order valence-electron chi connectivity index (χ3n) is 3.98. The fourth-order valence-corrected chi connectivity index (χ4v) is 3.67. The van der Waals surface area contributed by atoms with Gasteiger partial charge in [0.1, 0.15) is 17.4 Å². The van der Waals surface area contributed by atoms with E-state index in [0.717, 1.165) is 28.1 Å². The lowest BCUT2D eigenvalue weighted by Gasteiger charge is -2.09. The van der Waals surface area contributed by atoms with Crippen molar-refractivity contribution in [1.82, 2.24) is 10.1 Å². The molecule has 0 aliphatic carbocycles. The van der Waals surface area contributed by atoms with Crippen LogP contribution in [0, 0.1) is 20.8 Å². The third-order valence-corrected chi connectivity index (χ3v) is 5.01. The van der Waals surface area contributed by atoms with Gasteiger partial charge in [-0.2, -0.15) is 0 Å². The van der Waals surface area contributed by atoms with Crippen molar-refractivity contribution in [2.75, 3.05) is 0 Å². The Kier molecular flexibility index (Phi) is 5.73. The van der Waals surface area contributed by atoms with Crippen molar-refractivity contribution in [2.24, 2.45) is 0 Å². The first kappa shape index (κ1) is 18.2. The molecule has 134 valence electrons. The zero-order valence-electron chi connectivity index (χ0n) is 15.0. The van der Waals surface area contributed by atoms with Crippen LogP contribution in [-0.2, 0) is 17.1 Å². The number of hydrogen-bond acceptors (Lipinski definition) is 6. The third kappa shape index (κ3) is 4.32. The molecule has 0 spiro atoms. The molecule has 0 N–H and O–H groups in total. The summed E-state index contributed by atoms with van der Waals surface area (Å²) < 4.78 is 10.7. The van der Waals surface area contributed by atoms with E-state index < -0.39 is 0 Å². The molecule has 0 unspecified atom stereocenters.